The molecule has 4 aliphatic rings. The SMILES string of the molecule is COC[C@H]1OC(=O)C(C=NC(C)(C)C)C2C(=O)C(=O)C3=C([C@H](OC(C)=O)C[C@@]4(C)C3CC[C@@H]4O)[C@]21C. The molecule has 9 heteroatoms. The molecule has 0 spiro atoms. The van der Waals surface area contributed by atoms with Crippen molar-refractivity contribution in [2.75, 3.05) is 13.7 Å². The Balaban J connectivity index is 1.99. The van der Waals surface area contributed by atoms with Gasteiger partial charge >= 0.3 is 11.9 Å². The fourth-order valence-corrected chi connectivity index (χ4v) is 6.96. The Kier molecular flexibility index (Phi) is 6.57. The number of carbonyl (C=O) groups is 4. The minimum absolute atomic E-state index is 0.00250. The molecular weight excluding hydrogens is 466 g/mol. The molecule has 2 fully saturated rings. The first-order valence-corrected chi connectivity index (χ1v) is 12.6. The summed E-state index contributed by atoms with van der Waals surface area (Å²) in [7, 11) is 1.47. The first-order valence-electron chi connectivity index (χ1n) is 12.6. The smallest absolute Gasteiger partial charge is 0.315 e. The fourth-order valence-electron chi connectivity index (χ4n) is 6.96. The predicted octanol–water partition coefficient (Wildman–Crippen LogP) is 2.23. The van der Waals surface area contributed by atoms with E-state index in [0.717, 1.165) is 0 Å². The van der Waals surface area contributed by atoms with E-state index in [1.165, 1.54) is 20.2 Å². The van der Waals surface area contributed by atoms with Crippen molar-refractivity contribution in [3.8, 4) is 0 Å². The van der Waals surface area contributed by atoms with E-state index in [9.17, 15) is 24.3 Å². The van der Waals surface area contributed by atoms with Crippen LogP contribution in [-0.4, -0.2) is 72.4 Å². The lowest BCUT2D eigenvalue weighted by molar-refractivity contribution is -0.188. The number of aliphatic imine (C=N–C) groups is 1. The quantitative estimate of drug-likeness (QED) is 0.351. The average molecular weight is 504 g/mol. The Hall–Kier alpha value is -2.39. The summed E-state index contributed by atoms with van der Waals surface area (Å²) >= 11 is 0. The van der Waals surface area contributed by atoms with E-state index in [4.69, 9.17) is 14.2 Å². The number of allylic oxidation sites excluding steroid dienone is 1. The van der Waals surface area contributed by atoms with Crippen LogP contribution in [0.4, 0.5) is 0 Å². The molecule has 4 rings (SSSR count). The van der Waals surface area contributed by atoms with Gasteiger partial charge in [0, 0.05) is 36.7 Å². The van der Waals surface area contributed by atoms with Gasteiger partial charge in [-0.1, -0.05) is 13.8 Å². The molecule has 0 amide bonds. The lowest BCUT2D eigenvalue weighted by Gasteiger charge is -2.56. The van der Waals surface area contributed by atoms with Crippen LogP contribution >= 0.6 is 0 Å². The first kappa shape index (κ1) is 26.7. The number of hydrogen-bond donors (Lipinski definition) is 1. The molecule has 1 N–H and O–H groups in total. The molecule has 198 valence electrons. The molecular formula is C27H37NO8. The summed E-state index contributed by atoms with van der Waals surface area (Å²) in [4.78, 5) is 57.6. The lowest BCUT2D eigenvalue weighted by Crippen LogP contribution is -2.65. The van der Waals surface area contributed by atoms with E-state index in [-0.39, 0.29) is 12.5 Å². The first-order chi connectivity index (χ1) is 16.7. The standard InChI is InChI=1S/C27H37NO8/c1-13(29)35-16-10-26(5)15(8-9-17(26)30)19-21(16)27(6)18(12-34-7)36-24(33)14(11-28-25(2,3)4)20(27)23(32)22(19)31/h11,14-18,20,30H,8-10,12H2,1-7H3/t14?,15?,16-,17+,18-,20?,26+,27+/m1/s1. The van der Waals surface area contributed by atoms with E-state index in [2.05, 4.69) is 4.99 Å². The molecule has 1 heterocycles. The van der Waals surface area contributed by atoms with Crippen molar-refractivity contribution in [3.05, 3.63) is 11.1 Å². The minimum Gasteiger partial charge on any atom is -0.458 e. The highest BCUT2D eigenvalue weighted by Crippen LogP contribution is 2.63. The Labute approximate surface area is 211 Å². The number of ether oxygens (including phenoxy) is 3. The van der Waals surface area contributed by atoms with Crippen LogP contribution in [0, 0.1) is 28.6 Å². The number of ketones is 2. The Bertz CT molecular complexity index is 1050. The van der Waals surface area contributed by atoms with Gasteiger partial charge in [0.2, 0.25) is 11.6 Å². The molecule has 0 aromatic carbocycles. The summed E-state index contributed by atoms with van der Waals surface area (Å²) in [5.74, 6) is -5.04. The Morgan fingerprint density at radius 1 is 1.22 bits per heavy atom. The van der Waals surface area contributed by atoms with Crippen LogP contribution < -0.4 is 0 Å². The number of rotatable bonds is 4. The third-order valence-electron chi connectivity index (χ3n) is 8.66. The molecule has 1 saturated carbocycles. The fraction of sp³-hybridized carbons (Fsp3) is 0.741. The third kappa shape index (κ3) is 3.95. The number of carbonyl (C=O) groups excluding carboxylic acids is 4. The summed E-state index contributed by atoms with van der Waals surface area (Å²) in [6, 6.07) is 0. The van der Waals surface area contributed by atoms with Crippen molar-refractivity contribution in [2.24, 2.45) is 33.6 Å². The van der Waals surface area contributed by atoms with Crippen LogP contribution in [0.3, 0.4) is 0 Å². The van der Waals surface area contributed by atoms with Gasteiger partial charge in [-0.05, 0) is 51.5 Å². The minimum atomic E-state index is -1.17. The average Bonchev–Trinajstić information content (AvgIpc) is 3.05. The Morgan fingerprint density at radius 3 is 2.47 bits per heavy atom. The largest absolute Gasteiger partial charge is 0.458 e. The third-order valence-corrected chi connectivity index (χ3v) is 8.66. The highest BCUT2D eigenvalue weighted by atomic mass is 16.6. The van der Waals surface area contributed by atoms with Crippen LogP contribution in [0.2, 0.25) is 0 Å². The van der Waals surface area contributed by atoms with Crippen molar-refractivity contribution < 1.29 is 38.5 Å². The number of cyclic esters (lactones) is 1. The lowest BCUT2D eigenvalue weighted by atomic mass is 9.49. The molecule has 0 aromatic rings. The van der Waals surface area contributed by atoms with Gasteiger partial charge in [0.15, 0.2) is 0 Å². The van der Waals surface area contributed by atoms with Gasteiger partial charge in [-0.3, -0.25) is 24.2 Å². The number of aliphatic hydroxyl groups excluding tert-OH is 1. The molecule has 0 bridgehead atoms. The normalized spacial score (nSPS) is 40.6. The van der Waals surface area contributed by atoms with Gasteiger partial charge in [0.1, 0.15) is 18.1 Å². The van der Waals surface area contributed by atoms with Crippen LogP contribution in [0.5, 0.6) is 0 Å². The maximum atomic E-state index is 13.9. The van der Waals surface area contributed by atoms with Gasteiger partial charge < -0.3 is 19.3 Å². The van der Waals surface area contributed by atoms with E-state index in [1.54, 1.807) is 6.92 Å². The number of hydrogen-bond acceptors (Lipinski definition) is 9. The van der Waals surface area contributed by atoms with Crippen LogP contribution in [0.15, 0.2) is 16.1 Å². The van der Waals surface area contributed by atoms with Gasteiger partial charge in [-0.15, -0.1) is 0 Å². The van der Waals surface area contributed by atoms with Crippen molar-refractivity contribution in [1.29, 1.82) is 0 Å². The van der Waals surface area contributed by atoms with Crippen molar-refractivity contribution in [3.63, 3.8) is 0 Å². The van der Waals surface area contributed by atoms with E-state index >= 15 is 0 Å². The molecule has 9 nitrogen and oxygen atoms in total. The maximum Gasteiger partial charge on any atom is 0.315 e. The zero-order chi connectivity index (χ0) is 26.8. The predicted molar refractivity (Wildman–Crippen MR) is 129 cm³/mol. The zero-order valence-electron chi connectivity index (χ0n) is 22.1. The topological polar surface area (TPSA) is 129 Å². The number of methoxy groups -OCH3 is 1. The summed E-state index contributed by atoms with van der Waals surface area (Å²) < 4.78 is 17.1. The number of esters is 2. The summed E-state index contributed by atoms with van der Waals surface area (Å²) in [5.41, 5.74) is -1.59. The van der Waals surface area contributed by atoms with Crippen LogP contribution in [-0.2, 0) is 33.4 Å². The monoisotopic (exact) mass is 503 g/mol. The van der Waals surface area contributed by atoms with E-state index in [0.29, 0.717) is 30.4 Å². The molecule has 0 aromatic heterocycles. The maximum absolute atomic E-state index is 13.9. The number of aliphatic hydroxyl groups is 1. The highest BCUT2D eigenvalue weighted by Gasteiger charge is 2.68. The molecule has 8 atom stereocenters. The number of nitrogens with zero attached hydrogens (tertiary/aromatic N) is 1. The van der Waals surface area contributed by atoms with Crippen LogP contribution in [0.1, 0.15) is 60.8 Å². The zero-order valence-corrected chi connectivity index (χ0v) is 22.1. The molecule has 36 heavy (non-hydrogen) atoms. The molecule has 3 unspecified atom stereocenters. The highest BCUT2D eigenvalue weighted by molar-refractivity contribution is 6.46. The van der Waals surface area contributed by atoms with Gasteiger partial charge in [-0.2, -0.15) is 0 Å². The van der Waals surface area contributed by atoms with Crippen molar-refractivity contribution in [1.82, 2.24) is 0 Å². The summed E-state index contributed by atoms with van der Waals surface area (Å²) in [6.45, 7) is 10.6. The van der Waals surface area contributed by atoms with E-state index < -0.39 is 70.0 Å². The second-order valence-electron chi connectivity index (χ2n) is 12.1. The van der Waals surface area contributed by atoms with Gasteiger partial charge in [0.05, 0.1) is 24.2 Å². The number of Topliss-reactive ketones (excluding diaryl/α,β-unsaturated/α-hetero) is 2. The molecule has 1 saturated heterocycles. The molecule has 1 aliphatic heterocycles. The molecule has 0 radical (unpaired) electrons. The van der Waals surface area contributed by atoms with Crippen molar-refractivity contribution in [2.45, 2.75) is 84.7 Å². The van der Waals surface area contributed by atoms with E-state index in [1.807, 2.05) is 27.7 Å². The Morgan fingerprint density at radius 2 is 1.89 bits per heavy atom. The second kappa shape index (κ2) is 8.87. The second-order valence-corrected chi connectivity index (χ2v) is 12.1. The number of fused-ring (bicyclic) bond motifs is 4. The van der Waals surface area contributed by atoms with Crippen LogP contribution in [0.25, 0.3) is 0 Å². The summed E-state index contributed by atoms with van der Waals surface area (Å²) in [6.07, 6.45) is 0.306. The molecule has 3 aliphatic carbocycles. The van der Waals surface area contributed by atoms with Gasteiger partial charge in [0.25, 0.3) is 0 Å². The van der Waals surface area contributed by atoms with Gasteiger partial charge in [-0.25, -0.2) is 0 Å². The van der Waals surface area contributed by atoms with Crippen molar-refractivity contribution >= 4 is 29.7 Å². The summed E-state index contributed by atoms with van der Waals surface area (Å²) in [5, 5.41) is 10.9.